The second kappa shape index (κ2) is 50.5. The molecule has 12 rings (SSSR count). The van der Waals surface area contributed by atoms with Crippen molar-refractivity contribution in [3.63, 3.8) is 0 Å². The molecular formula is C101H127O20+. The third kappa shape index (κ3) is 28.5. The Bertz CT molecular complexity index is 5440. The lowest BCUT2D eigenvalue weighted by atomic mass is 9.79. The minimum Gasteiger partial charge on any atom is -0.505 e. The van der Waals surface area contributed by atoms with Gasteiger partial charge in [-0.25, -0.2) is 4.79 Å². The Hall–Kier alpha value is -13.2. The normalized spacial score (nSPS) is 10.9. The molecule has 0 aliphatic carbocycles. The maximum atomic E-state index is 13.2. The summed E-state index contributed by atoms with van der Waals surface area (Å²) in [5, 5.41) is 31.6. The molecule has 0 spiro atoms. The summed E-state index contributed by atoms with van der Waals surface area (Å²) < 4.78 is 59.2. The summed E-state index contributed by atoms with van der Waals surface area (Å²) in [5.41, 5.74) is 2.86. The zero-order valence-electron chi connectivity index (χ0n) is 66.4. The Balaban J connectivity index is 0. The number of rotatable bonds is 24. The van der Waals surface area contributed by atoms with Crippen molar-refractivity contribution in [1.82, 2.24) is 0 Å². The van der Waals surface area contributed by atoms with Gasteiger partial charge in [-0.3, -0.25) is 24.0 Å². The molecule has 20 nitrogen and oxygen atoms in total. The third-order valence-electron chi connectivity index (χ3n) is 18.3. The van der Waals surface area contributed by atoms with Crippen molar-refractivity contribution in [2.75, 3.05) is 28.4 Å². The van der Waals surface area contributed by atoms with Gasteiger partial charge in [0.05, 0.1) is 54.6 Å². The van der Waals surface area contributed by atoms with E-state index in [1.807, 2.05) is 126 Å². The highest BCUT2D eigenvalue weighted by Crippen LogP contribution is 2.40. The van der Waals surface area contributed by atoms with Gasteiger partial charge in [0.2, 0.25) is 33.5 Å². The first-order valence-corrected chi connectivity index (χ1v) is 36.3. The fourth-order valence-corrected chi connectivity index (χ4v) is 11.8. The van der Waals surface area contributed by atoms with E-state index >= 15 is 0 Å². The molecule has 0 amide bonds. The van der Waals surface area contributed by atoms with Crippen LogP contribution in [0.2, 0.25) is 0 Å². The molecule has 3 N–H and O–H groups in total. The lowest BCUT2D eigenvalue weighted by Crippen LogP contribution is -2.31. The van der Waals surface area contributed by atoms with Crippen LogP contribution >= 0.6 is 0 Å². The van der Waals surface area contributed by atoms with Gasteiger partial charge in [-0.05, 0) is 187 Å². The van der Waals surface area contributed by atoms with Gasteiger partial charge in [0, 0.05) is 29.4 Å². The first kappa shape index (κ1) is 108. The monoisotopic (exact) mass is 1660 g/mol. The van der Waals surface area contributed by atoms with Crippen LogP contribution in [0.4, 0.5) is 0 Å². The van der Waals surface area contributed by atoms with E-state index in [0.29, 0.717) is 40.9 Å². The smallest absolute Gasteiger partial charge is 0.505 e. The molecule has 12 aromatic rings. The maximum Gasteiger partial charge on any atom is 1.00 e. The Morgan fingerprint density at radius 1 is 0.438 bits per heavy atom. The first-order valence-electron chi connectivity index (χ1n) is 36.3. The van der Waals surface area contributed by atoms with Crippen molar-refractivity contribution in [3.05, 3.63) is 297 Å². The molecule has 3 aromatic heterocycles. The highest BCUT2D eigenvalue weighted by Gasteiger charge is 2.35. The number of benzene rings is 9. The van der Waals surface area contributed by atoms with Gasteiger partial charge in [0.15, 0.2) is 23.6 Å². The zero-order chi connectivity index (χ0) is 82.1. The predicted molar refractivity (Wildman–Crippen MR) is 495 cm³/mol. The molecular weight excluding hydrogens is 1530 g/mol. The van der Waals surface area contributed by atoms with Crippen molar-refractivity contribution in [1.29, 1.82) is 0 Å². The van der Waals surface area contributed by atoms with Gasteiger partial charge >= 0.3 is 19.3 Å². The standard InChI is InChI=1S/C32H34O7.C30H30O6.C19H14O5.C9H10O.C3H6O.8CH4/c1-6-21(22-12-14-24(15-13-22)37-20(2)36-5)19-32(3,4)31(35)38-25-16-17-27-26(18-25)28(33)29(34)30(39-27)23-10-8-7-9-11-23;1-5-19(20-11-13-22(34-4)14-12-20)18-30(2,3)29(33)35-23-15-16-25-24(17-23)26(31)27(32)28(36-25)21-9-7-6-8-10-21;1-11(2)19(22)23-13-8-9-15-14(10-13)16(20)17(21)18(24-15)12-6-4-3-5-7-12;1-3-8-4-6-9(10-2)7-5-8;1-3-4-2;;;;;;;;/h7-18,20-21,34H,6,19H2,1-5H3;6-17,19,32H,5,18H2,1-4H3;3-10,21H,1H2,2H3;3-7H,1H2,2H3;3H,1H2,2H3;8*1H4/p+1. The van der Waals surface area contributed by atoms with Crippen molar-refractivity contribution >= 4 is 56.9 Å². The van der Waals surface area contributed by atoms with Crippen LogP contribution in [0.3, 0.4) is 0 Å². The number of carbonyl (C=O) groups is 3. The third-order valence-corrected chi connectivity index (χ3v) is 18.3. The number of esters is 3. The SMILES string of the molecule is C.C.C.C.C.C.C.C.C=C(C)C(=O)Oc1ccc2oc(-c3ccccc3)c(O)c(=O)c2c1.C=COC.C=Cc1ccc(OC)cc1.CCC(CC(C)(C)C(=O)Oc1ccc2oc(-c3ccccc3)c(O)c(=O)c2c1)c1ccc(OC(C)OC)cc1.CCC(CC(C)(C)C(=O)Oc1ccc2oc(-c3ccccc3)c(O)c(=O)c2c1)c1ccc(OC)cc1.[H+]. The summed E-state index contributed by atoms with van der Waals surface area (Å²) in [6.45, 7) is 25.3. The van der Waals surface area contributed by atoms with Crippen LogP contribution in [0.25, 0.3) is 73.0 Å². The second-order valence-electron chi connectivity index (χ2n) is 27.4. The fourth-order valence-electron chi connectivity index (χ4n) is 11.8. The Morgan fingerprint density at radius 2 is 0.727 bits per heavy atom. The largest absolute Gasteiger partial charge is 1.00 e. The van der Waals surface area contributed by atoms with Gasteiger partial charge in [-0.2, -0.15) is 0 Å². The predicted octanol–water partition coefficient (Wildman–Crippen LogP) is 25.7. The summed E-state index contributed by atoms with van der Waals surface area (Å²) >= 11 is 0. The van der Waals surface area contributed by atoms with E-state index in [-0.39, 0.29) is 146 Å². The molecule has 0 radical (unpaired) electrons. The minimum atomic E-state index is -0.806. The van der Waals surface area contributed by atoms with Crippen molar-refractivity contribution in [2.45, 2.75) is 159 Å². The summed E-state index contributed by atoms with van der Waals surface area (Å²) in [5.74, 6) is 0.694. The number of aromatic hydroxyl groups is 3. The summed E-state index contributed by atoms with van der Waals surface area (Å²) in [4.78, 5) is 76.2. The molecule has 121 heavy (non-hydrogen) atoms. The van der Waals surface area contributed by atoms with E-state index in [1.165, 1.54) is 43.5 Å². The first-order chi connectivity index (χ1) is 54.1. The van der Waals surface area contributed by atoms with E-state index < -0.39 is 62.3 Å². The Labute approximate surface area is 716 Å². The van der Waals surface area contributed by atoms with E-state index in [2.05, 4.69) is 38.3 Å². The van der Waals surface area contributed by atoms with Crippen molar-refractivity contribution in [2.24, 2.45) is 10.8 Å². The van der Waals surface area contributed by atoms with Crippen LogP contribution in [0, 0.1) is 10.8 Å². The lowest BCUT2D eigenvalue weighted by molar-refractivity contribution is -0.145. The average molecular weight is 1660 g/mol. The summed E-state index contributed by atoms with van der Waals surface area (Å²) in [7, 11) is 6.44. The number of hydrogen-bond acceptors (Lipinski definition) is 20. The Kier molecular flexibility index (Phi) is 45.0. The lowest BCUT2D eigenvalue weighted by Gasteiger charge is -2.28. The van der Waals surface area contributed by atoms with Gasteiger partial charge in [-0.15, -0.1) is 0 Å². The number of hydrogen-bond donors (Lipinski definition) is 3. The molecule has 3 atom stereocenters. The van der Waals surface area contributed by atoms with E-state index in [4.69, 9.17) is 46.4 Å². The second-order valence-corrected chi connectivity index (χ2v) is 27.4. The number of fused-ring (bicyclic) bond motifs is 3. The molecule has 0 aliphatic rings. The maximum absolute atomic E-state index is 13.2. The highest BCUT2D eigenvalue weighted by molar-refractivity contribution is 5.91. The quantitative estimate of drug-likeness (QED) is 0.0167. The van der Waals surface area contributed by atoms with Crippen molar-refractivity contribution in [3.8, 4) is 85.7 Å². The topological polar surface area (TPSA) is 276 Å². The minimum absolute atomic E-state index is 0. The van der Waals surface area contributed by atoms with Crippen LogP contribution in [-0.4, -0.2) is 68.0 Å². The molecule has 9 aromatic carbocycles. The van der Waals surface area contributed by atoms with Crippen molar-refractivity contribution < 1.29 is 82.3 Å². The fraction of sp³-hybridized carbons (Fsp3) is 0.287. The van der Waals surface area contributed by atoms with E-state index in [0.717, 1.165) is 41.0 Å². The molecule has 0 saturated heterocycles. The molecule has 0 bridgehead atoms. The average Bonchev–Trinajstić information content (AvgIpc) is 0.785. The highest BCUT2D eigenvalue weighted by atomic mass is 16.7. The van der Waals surface area contributed by atoms with E-state index in [9.17, 15) is 44.1 Å². The molecule has 0 aliphatic heterocycles. The van der Waals surface area contributed by atoms with Crippen LogP contribution in [0.1, 0.15) is 170 Å². The van der Waals surface area contributed by atoms with Crippen LogP contribution < -0.4 is 44.7 Å². The van der Waals surface area contributed by atoms with Crippen LogP contribution in [0.5, 0.6) is 51.7 Å². The molecule has 3 heterocycles. The number of methoxy groups -OCH3 is 4. The summed E-state index contributed by atoms with van der Waals surface area (Å²) in [6, 6.07) is 63.7. The molecule has 0 fully saturated rings. The van der Waals surface area contributed by atoms with Crippen LogP contribution in [-0.2, 0) is 23.9 Å². The zero-order valence-corrected chi connectivity index (χ0v) is 65.4. The summed E-state index contributed by atoms with van der Waals surface area (Å²) in [6.07, 6.45) is 5.69. The van der Waals surface area contributed by atoms with Gasteiger partial charge in [0.1, 0.15) is 51.2 Å². The molecule has 0 saturated carbocycles. The van der Waals surface area contributed by atoms with E-state index in [1.54, 1.807) is 132 Å². The molecule has 650 valence electrons. The molecule has 3 unspecified atom stereocenters. The van der Waals surface area contributed by atoms with Crippen LogP contribution in [0.15, 0.2) is 278 Å². The number of ether oxygens (including phenoxy) is 8. The van der Waals surface area contributed by atoms with Gasteiger partial charge in [-0.1, -0.05) is 226 Å². The van der Waals surface area contributed by atoms with Gasteiger partial charge in [0.25, 0.3) is 0 Å². The Morgan fingerprint density at radius 3 is 1.00 bits per heavy atom. The van der Waals surface area contributed by atoms with Gasteiger partial charge < -0.3 is 66.5 Å². The molecule has 20 heteroatoms. The number of carbonyl (C=O) groups excluding carboxylic acids is 3.